The lowest BCUT2D eigenvalue weighted by Crippen LogP contribution is -2.13. The first-order valence-electron chi connectivity index (χ1n) is 3.27. The summed E-state index contributed by atoms with van der Waals surface area (Å²) in [5.41, 5.74) is 9.78. The zero-order chi connectivity index (χ0) is 8.69. The fourth-order valence-electron chi connectivity index (χ4n) is 0.448. The molecule has 0 atom stereocenters. The molecule has 0 fully saturated rings. The lowest BCUT2D eigenvalue weighted by molar-refractivity contribution is -0.118. The molecule has 4 nitrogen and oxygen atoms in total. The first-order valence-corrected chi connectivity index (χ1v) is 4.42. The quantitative estimate of drug-likeness (QED) is 0.603. The maximum absolute atomic E-state index is 10.2. The fourth-order valence-corrected chi connectivity index (χ4v) is 1.34. The average molecular weight is 213 g/mol. The number of amides is 2. The second-order valence-corrected chi connectivity index (χ2v) is 3.27. The standard InChI is InChI=1S/C6H12N2O2S.ClH/c7-5(9)1-3-11-4-2-6(8)10;/h1-4H2,(H2,7,9)(H2,8,10);1H. The Hall–Kier alpha value is -0.420. The van der Waals surface area contributed by atoms with Crippen LogP contribution < -0.4 is 11.5 Å². The van der Waals surface area contributed by atoms with Crippen LogP contribution in [0.4, 0.5) is 0 Å². The number of thioether (sulfide) groups is 1. The number of rotatable bonds is 6. The molecular formula is C6H13ClN2O2S. The highest BCUT2D eigenvalue weighted by Crippen LogP contribution is 2.03. The summed E-state index contributed by atoms with van der Waals surface area (Å²) < 4.78 is 0. The number of nitrogens with two attached hydrogens (primary N) is 2. The third kappa shape index (κ3) is 12.3. The lowest BCUT2D eigenvalue weighted by atomic mass is 10.5. The van der Waals surface area contributed by atoms with Crippen LogP contribution in [0.25, 0.3) is 0 Å². The van der Waals surface area contributed by atoms with E-state index < -0.39 is 0 Å². The Morgan fingerprint density at radius 1 is 1.00 bits per heavy atom. The van der Waals surface area contributed by atoms with E-state index in [0.717, 1.165) is 0 Å². The van der Waals surface area contributed by atoms with E-state index in [-0.39, 0.29) is 24.2 Å². The maximum Gasteiger partial charge on any atom is 0.218 e. The molecule has 0 aromatic rings. The predicted molar refractivity (Wildman–Crippen MR) is 52.2 cm³/mol. The molecule has 0 unspecified atom stereocenters. The maximum atomic E-state index is 10.2. The highest BCUT2D eigenvalue weighted by molar-refractivity contribution is 7.99. The van der Waals surface area contributed by atoms with Gasteiger partial charge in [-0.15, -0.1) is 12.4 Å². The minimum absolute atomic E-state index is 0. The zero-order valence-corrected chi connectivity index (χ0v) is 8.25. The summed E-state index contributed by atoms with van der Waals surface area (Å²) in [5.74, 6) is 0.721. The van der Waals surface area contributed by atoms with Gasteiger partial charge in [-0.25, -0.2) is 0 Å². The fraction of sp³-hybridized carbons (Fsp3) is 0.667. The Kier molecular flexibility index (Phi) is 10.2. The van der Waals surface area contributed by atoms with Gasteiger partial charge in [0.1, 0.15) is 0 Å². The first-order chi connectivity index (χ1) is 5.13. The Morgan fingerprint density at radius 3 is 1.58 bits per heavy atom. The van der Waals surface area contributed by atoms with Crippen LogP contribution in [0.3, 0.4) is 0 Å². The van der Waals surface area contributed by atoms with Gasteiger partial charge in [0, 0.05) is 24.3 Å². The predicted octanol–water partition coefficient (Wildman–Crippen LogP) is -0.108. The van der Waals surface area contributed by atoms with Crippen LogP contribution >= 0.6 is 24.2 Å². The van der Waals surface area contributed by atoms with Gasteiger partial charge in [-0.1, -0.05) is 0 Å². The van der Waals surface area contributed by atoms with Gasteiger partial charge in [-0.3, -0.25) is 9.59 Å². The molecule has 0 aromatic carbocycles. The van der Waals surface area contributed by atoms with Gasteiger partial charge < -0.3 is 11.5 Å². The summed E-state index contributed by atoms with van der Waals surface area (Å²) in [5, 5.41) is 0. The first kappa shape index (κ1) is 14.1. The van der Waals surface area contributed by atoms with Crippen LogP contribution in [-0.2, 0) is 9.59 Å². The summed E-state index contributed by atoms with van der Waals surface area (Å²) >= 11 is 1.51. The van der Waals surface area contributed by atoms with Gasteiger partial charge in [-0.05, 0) is 0 Å². The van der Waals surface area contributed by atoms with Crippen molar-refractivity contribution < 1.29 is 9.59 Å². The number of halogens is 1. The molecular weight excluding hydrogens is 200 g/mol. The second kappa shape index (κ2) is 8.67. The minimum Gasteiger partial charge on any atom is -0.370 e. The van der Waals surface area contributed by atoms with Crippen LogP contribution in [-0.4, -0.2) is 23.3 Å². The molecule has 0 aliphatic rings. The molecule has 0 bridgehead atoms. The molecule has 72 valence electrons. The van der Waals surface area contributed by atoms with Crippen LogP contribution in [0.15, 0.2) is 0 Å². The van der Waals surface area contributed by atoms with Crippen molar-refractivity contribution in [2.45, 2.75) is 12.8 Å². The third-order valence-corrected chi connectivity index (χ3v) is 1.97. The summed E-state index contributed by atoms with van der Waals surface area (Å²) in [6.07, 6.45) is 0.729. The monoisotopic (exact) mass is 212 g/mol. The van der Waals surface area contributed by atoms with Gasteiger partial charge in [0.2, 0.25) is 11.8 Å². The highest BCUT2D eigenvalue weighted by atomic mass is 35.5. The van der Waals surface area contributed by atoms with E-state index in [1.165, 1.54) is 11.8 Å². The molecule has 0 saturated heterocycles. The van der Waals surface area contributed by atoms with E-state index in [2.05, 4.69) is 0 Å². The van der Waals surface area contributed by atoms with E-state index in [9.17, 15) is 9.59 Å². The number of hydrogen-bond donors (Lipinski definition) is 2. The molecule has 12 heavy (non-hydrogen) atoms. The van der Waals surface area contributed by atoms with Crippen molar-refractivity contribution in [3.8, 4) is 0 Å². The number of carbonyl (C=O) groups excluding carboxylic acids is 2. The smallest absolute Gasteiger partial charge is 0.218 e. The summed E-state index contributed by atoms with van der Waals surface area (Å²) in [4.78, 5) is 20.4. The summed E-state index contributed by atoms with van der Waals surface area (Å²) in [6.45, 7) is 0. The van der Waals surface area contributed by atoms with Crippen molar-refractivity contribution >= 4 is 36.0 Å². The number of carbonyl (C=O) groups is 2. The van der Waals surface area contributed by atoms with Gasteiger partial charge in [0.15, 0.2) is 0 Å². The Labute approximate surface area is 81.8 Å². The van der Waals surface area contributed by atoms with Crippen LogP contribution in [0.5, 0.6) is 0 Å². The molecule has 0 heterocycles. The zero-order valence-electron chi connectivity index (χ0n) is 6.62. The van der Waals surface area contributed by atoms with E-state index in [1.807, 2.05) is 0 Å². The van der Waals surface area contributed by atoms with E-state index in [4.69, 9.17) is 11.5 Å². The van der Waals surface area contributed by atoms with Crippen molar-refractivity contribution in [2.75, 3.05) is 11.5 Å². The molecule has 2 amide bonds. The van der Waals surface area contributed by atoms with Crippen molar-refractivity contribution in [2.24, 2.45) is 11.5 Å². The van der Waals surface area contributed by atoms with Crippen molar-refractivity contribution in [1.29, 1.82) is 0 Å². The van der Waals surface area contributed by atoms with Crippen molar-refractivity contribution in [3.63, 3.8) is 0 Å². The second-order valence-electron chi connectivity index (χ2n) is 2.04. The SMILES string of the molecule is Cl.NC(=O)CCSCCC(N)=O. The Bertz CT molecular complexity index is 138. The molecule has 0 radical (unpaired) electrons. The third-order valence-electron chi connectivity index (χ3n) is 0.986. The Morgan fingerprint density at radius 2 is 1.33 bits per heavy atom. The minimum atomic E-state index is -0.309. The molecule has 0 aromatic heterocycles. The average Bonchev–Trinajstić information content (AvgIpc) is 1.85. The van der Waals surface area contributed by atoms with Gasteiger partial charge in [0.25, 0.3) is 0 Å². The largest absolute Gasteiger partial charge is 0.370 e. The van der Waals surface area contributed by atoms with E-state index >= 15 is 0 Å². The summed E-state index contributed by atoms with van der Waals surface area (Å²) in [6, 6.07) is 0. The number of hydrogen-bond acceptors (Lipinski definition) is 3. The van der Waals surface area contributed by atoms with E-state index in [1.54, 1.807) is 0 Å². The van der Waals surface area contributed by atoms with Gasteiger partial charge in [0.05, 0.1) is 0 Å². The molecule has 0 saturated carbocycles. The highest BCUT2D eigenvalue weighted by Gasteiger charge is 1.96. The Balaban J connectivity index is 0. The van der Waals surface area contributed by atoms with Crippen molar-refractivity contribution in [1.82, 2.24) is 0 Å². The molecule has 6 heteroatoms. The van der Waals surface area contributed by atoms with Gasteiger partial charge in [-0.2, -0.15) is 11.8 Å². The molecule has 0 spiro atoms. The van der Waals surface area contributed by atoms with Gasteiger partial charge >= 0.3 is 0 Å². The van der Waals surface area contributed by atoms with Crippen LogP contribution in [0.2, 0.25) is 0 Å². The molecule has 0 aliphatic heterocycles. The van der Waals surface area contributed by atoms with E-state index in [0.29, 0.717) is 24.3 Å². The topological polar surface area (TPSA) is 86.2 Å². The molecule has 4 N–H and O–H groups in total. The number of primary amides is 2. The lowest BCUT2D eigenvalue weighted by Gasteiger charge is -1.95. The van der Waals surface area contributed by atoms with Crippen LogP contribution in [0, 0.1) is 0 Å². The summed E-state index contributed by atoms with van der Waals surface area (Å²) in [7, 11) is 0. The van der Waals surface area contributed by atoms with Crippen LogP contribution in [0.1, 0.15) is 12.8 Å². The normalized spacial score (nSPS) is 8.67. The molecule has 0 aliphatic carbocycles. The molecule has 0 rings (SSSR count). The van der Waals surface area contributed by atoms with Crippen molar-refractivity contribution in [3.05, 3.63) is 0 Å².